The lowest BCUT2D eigenvalue weighted by atomic mass is 9.91. The van der Waals surface area contributed by atoms with Gasteiger partial charge in [-0.2, -0.15) is 4.98 Å². The Morgan fingerprint density at radius 1 is 1.32 bits per heavy atom. The van der Waals surface area contributed by atoms with Crippen molar-refractivity contribution in [1.29, 1.82) is 0 Å². The molecule has 2 heterocycles. The van der Waals surface area contributed by atoms with Crippen molar-refractivity contribution in [2.75, 3.05) is 13.7 Å². The van der Waals surface area contributed by atoms with Gasteiger partial charge in [-0.25, -0.2) is 0 Å². The van der Waals surface area contributed by atoms with E-state index in [0.29, 0.717) is 23.7 Å². The van der Waals surface area contributed by atoms with Crippen LogP contribution < -0.4 is 4.74 Å². The molecule has 2 atom stereocenters. The number of ether oxygens (including phenoxy) is 2. The number of rotatable bonds is 5. The Morgan fingerprint density at radius 3 is 3.00 bits per heavy atom. The van der Waals surface area contributed by atoms with Gasteiger partial charge in [-0.1, -0.05) is 24.2 Å². The van der Waals surface area contributed by atoms with Gasteiger partial charge in [0.2, 0.25) is 11.7 Å². The predicted octanol–water partition coefficient (Wildman–Crippen LogP) is 3.49. The van der Waals surface area contributed by atoms with Crippen LogP contribution in [0.2, 0.25) is 0 Å². The molecule has 0 unspecified atom stereocenters. The highest BCUT2D eigenvalue weighted by atomic mass is 16.5. The molecule has 1 aromatic carbocycles. The van der Waals surface area contributed by atoms with Crippen LogP contribution in [0.1, 0.15) is 32.1 Å². The van der Waals surface area contributed by atoms with Crippen LogP contribution in [0.4, 0.5) is 0 Å². The summed E-state index contributed by atoms with van der Waals surface area (Å²) in [6.45, 7) is 3.00. The van der Waals surface area contributed by atoms with Gasteiger partial charge in [0.1, 0.15) is 5.75 Å². The molecule has 5 heteroatoms. The highest BCUT2D eigenvalue weighted by molar-refractivity contribution is 5.63. The first-order chi connectivity index (χ1) is 10.8. The Hall–Kier alpha value is -1.88. The molecule has 0 N–H and O–H groups in total. The highest BCUT2D eigenvalue weighted by Gasteiger charge is 2.24. The van der Waals surface area contributed by atoms with E-state index >= 15 is 0 Å². The minimum atomic E-state index is 0.371. The number of methoxy groups -OCH3 is 1. The molecule has 1 aliphatic heterocycles. The van der Waals surface area contributed by atoms with Crippen LogP contribution in [0.15, 0.2) is 28.8 Å². The lowest BCUT2D eigenvalue weighted by Gasteiger charge is -2.27. The lowest BCUT2D eigenvalue weighted by Crippen LogP contribution is -2.26. The van der Waals surface area contributed by atoms with E-state index in [-0.39, 0.29) is 0 Å². The molecular formula is C17H22N2O3. The average Bonchev–Trinajstić information content (AvgIpc) is 3.03. The first-order valence-electron chi connectivity index (χ1n) is 7.87. The smallest absolute Gasteiger partial charge is 0.227 e. The van der Waals surface area contributed by atoms with Crippen LogP contribution in [0.5, 0.6) is 5.75 Å². The lowest BCUT2D eigenvalue weighted by molar-refractivity contribution is -0.0115. The zero-order valence-corrected chi connectivity index (χ0v) is 13.1. The molecule has 0 spiro atoms. The van der Waals surface area contributed by atoms with Crippen molar-refractivity contribution in [3.63, 3.8) is 0 Å². The fraction of sp³-hybridized carbons (Fsp3) is 0.529. The van der Waals surface area contributed by atoms with Crippen molar-refractivity contribution in [3.05, 3.63) is 30.2 Å². The maximum atomic E-state index is 5.72. The molecule has 2 aromatic rings. The van der Waals surface area contributed by atoms with Gasteiger partial charge in [0.05, 0.1) is 18.8 Å². The number of para-hydroxylation sites is 1. The van der Waals surface area contributed by atoms with E-state index in [0.717, 1.165) is 43.6 Å². The van der Waals surface area contributed by atoms with Gasteiger partial charge in [-0.3, -0.25) is 0 Å². The quantitative estimate of drug-likeness (QED) is 0.846. The van der Waals surface area contributed by atoms with Crippen molar-refractivity contribution in [1.82, 2.24) is 10.1 Å². The van der Waals surface area contributed by atoms with E-state index in [2.05, 4.69) is 17.1 Å². The van der Waals surface area contributed by atoms with Crippen molar-refractivity contribution >= 4 is 0 Å². The number of hydrogen-bond donors (Lipinski definition) is 0. The molecule has 5 nitrogen and oxygen atoms in total. The van der Waals surface area contributed by atoms with Crippen molar-refractivity contribution in [2.45, 2.75) is 38.7 Å². The highest BCUT2D eigenvalue weighted by Crippen LogP contribution is 2.29. The first kappa shape index (κ1) is 15.0. The van der Waals surface area contributed by atoms with E-state index in [9.17, 15) is 0 Å². The van der Waals surface area contributed by atoms with Gasteiger partial charge >= 0.3 is 0 Å². The Bertz CT molecular complexity index is 611. The molecule has 1 saturated heterocycles. The summed E-state index contributed by atoms with van der Waals surface area (Å²) in [6, 6.07) is 7.71. The largest absolute Gasteiger partial charge is 0.496 e. The molecule has 1 aromatic heterocycles. The van der Waals surface area contributed by atoms with Gasteiger partial charge in [0.15, 0.2) is 0 Å². The van der Waals surface area contributed by atoms with Crippen LogP contribution in [0, 0.1) is 5.92 Å². The average molecular weight is 302 g/mol. The Labute approximate surface area is 130 Å². The van der Waals surface area contributed by atoms with Crippen molar-refractivity contribution in [3.8, 4) is 17.1 Å². The molecule has 3 rings (SSSR count). The molecule has 0 aliphatic carbocycles. The summed E-state index contributed by atoms with van der Waals surface area (Å²) in [5, 5.41) is 4.10. The minimum Gasteiger partial charge on any atom is -0.496 e. The Balaban J connectivity index is 1.71. The van der Waals surface area contributed by atoms with E-state index in [1.807, 2.05) is 24.3 Å². The zero-order chi connectivity index (χ0) is 15.4. The zero-order valence-electron chi connectivity index (χ0n) is 13.1. The summed E-state index contributed by atoms with van der Waals surface area (Å²) >= 11 is 0. The number of hydrogen-bond acceptors (Lipinski definition) is 5. The Kier molecular flexibility index (Phi) is 4.73. The monoisotopic (exact) mass is 302 g/mol. The second-order valence-corrected chi connectivity index (χ2v) is 5.71. The molecule has 22 heavy (non-hydrogen) atoms. The van der Waals surface area contributed by atoms with E-state index in [1.165, 1.54) is 0 Å². The predicted molar refractivity (Wildman–Crippen MR) is 82.7 cm³/mol. The van der Waals surface area contributed by atoms with Crippen LogP contribution in [0.3, 0.4) is 0 Å². The normalized spacial score (nSPS) is 21.7. The van der Waals surface area contributed by atoms with Crippen molar-refractivity contribution in [2.24, 2.45) is 5.92 Å². The minimum absolute atomic E-state index is 0.371. The van der Waals surface area contributed by atoms with Crippen LogP contribution in [-0.4, -0.2) is 30.0 Å². The molecule has 0 saturated carbocycles. The fourth-order valence-electron chi connectivity index (χ4n) is 2.95. The van der Waals surface area contributed by atoms with E-state index in [4.69, 9.17) is 14.0 Å². The summed E-state index contributed by atoms with van der Waals surface area (Å²) in [7, 11) is 1.65. The molecule has 118 valence electrons. The van der Waals surface area contributed by atoms with E-state index < -0.39 is 0 Å². The summed E-state index contributed by atoms with van der Waals surface area (Å²) in [5.74, 6) is 2.60. The van der Waals surface area contributed by atoms with Gasteiger partial charge in [0, 0.05) is 13.0 Å². The number of aromatic nitrogens is 2. The fourth-order valence-corrected chi connectivity index (χ4v) is 2.95. The van der Waals surface area contributed by atoms with E-state index in [1.54, 1.807) is 7.11 Å². The molecule has 1 aliphatic rings. The standard InChI is InChI=1S/C17H22N2O3/c1-3-13-10-12(8-9-21-13)11-16-18-17(19-22-16)14-6-4-5-7-15(14)20-2/h4-7,12-13H,3,8-11H2,1-2H3/t12-,13+/m0/s1. The third-order valence-corrected chi connectivity index (χ3v) is 4.21. The molecule has 0 bridgehead atoms. The third-order valence-electron chi connectivity index (χ3n) is 4.21. The van der Waals surface area contributed by atoms with Gasteiger partial charge in [-0.15, -0.1) is 0 Å². The van der Waals surface area contributed by atoms with Crippen LogP contribution in [0.25, 0.3) is 11.4 Å². The summed E-state index contributed by atoms with van der Waals surface area (Å²) in [4.78, 5) is 4.54. The summed E-state index contributed by atoms with van der Waals surface area (Å²) < 4.78 is 16.5. The summed E-state index contributed by atoms with van der Waals surface area (Å²) in [5.41, 5.74) is 0.860. The number of nitrogens with zero attached hydrogens (tertiary/aromatic N) is 2. The molecule has 0 amide bonds. The first-order valence-corrected chi connectivity index (χ1v) is 7.87. The Morgan fingerprint density at radius 2 is 2.18 bits per heavy atom. The maximum absolute atomic E-state index is 5.72. The van der Waals surface area contributed by atoms with Gasteiger partial charge < -0.3 is 14.0 Å². The molecule has 0 radical (unpaired) electrons. The topological polar surface area (TPSA) is 57.4 Å². The van der Waals surface area contributed by atoms with Crippen molar-refractivity contribution < 1.29 is 14.0 Å². The second kappa shape index (κ2) is 6.92. The number of benzene rings is 1. The SMILES string of the molecule is CC[C@@H]1C[C@@H](Cc2nc(-c3ccccc3OC)no2)CCO1. The van der Waals surface area contributed by atoms with Crippen LogP contribution in [-0.2, 0) is 11.2 Å². The molecular weight excluding hydrogens is 280 g/mol. The van der Waals surface area contributed by atoms with Gasteiger partial charge in [0.25, 0.3) is 0 Å². The third kappa shape index (κ3) is 3.30. The van der Waals surface area contributed by atoms with Gasteiger partial charge in [-0.05, 0) is 37.3 Å². The second-order valence-electron chi connectivity index (χ2n) is 5.71. The molecule has 1 fully saturated rings. The maximum Gasteiger partial charge on any atom is 0.227 e. The summed E-state index contributed by atoms with van der Waals surface area (Å²) in [6.07, 6.45) is 4.39. The van der Waals surface area contributed by atoms with Crippen LogP contribution >= 0.6 is 0 Å².